The summed E-state index contributed by atoms with van der Waals surface area (Å²) in [5, 5.41) is 6.55. The second-order valence-electron chi connectivity index (χ2n) is 4.96. The summed E-state index contributed by atoms with van der Waals surface area (Å²) in [6.45, 7) is 0. The third kappa shape index (κ3) is 2.57. The van der Waals surface area contributed by atoms with Crippen molar-refractivity contribution < 1.29 is 0 Å². The second kappa shape index (κ2) is 5.53. The molecule has 0 amide bonds. The van der Waals surface area contributed by atoms with Gasteiger partial charge >= 0.3 is 0 Å². The van der Waals surface area contributed by atoms with E-state index in [2.05, 4.69) is 10.1 Å². The van der Waals surface area contributed by atoms with Crippen LogP contribution in [0.5, 0.6) is 0 Å². The summed E-state index contributed by atoms with van der Waals surface area (Å²) < 4.78 is 2.63. The summed E-state index contributed by atoms with van der Waals surface area (Å²) in [6.07, 6.45) is 0. The van der Waals surface area contributed by atoms with E-state index < -0.39 is 0 Å². The molecule has 0 saturated heterocycles. The Morgan fingerprint density at radius 2 is 1.83 bits per heavy atom. The monoisotopic (exact) mass is 360 g/mol. The highest BCUT2D eigenvalue weighted by molar-refractivity contribution is 7.20. The van der Waals surface area contributed by atoms with Gasteiger partial charge in [-0.05, 0) is 24.3 Å². The lowest BCUT2D eigenvalue weighted by atomic mass is 10.1. The van der Waals surface area contributed by atoms with Crippen molar-refractivity contribution in [1.29, 1.82) is 0 Å². The van der Waals surface area contributed by atoms with E-state index in [1.165, 1.54) is 11.3 Å². The van der Waals surface area contributed by atoms with E-state index in [9.17, 15) is 0 Å². The first kappa shape index (κ1) is 14.5. The number of hydrogen-bond donors (Lipinski definition) is 1. The number of aromatic nitrogens is 3. The molecule has 4 nitrogen and oxygen atoms in total. The average molecular weight is 361 g/mol. The maximum absolute atomic E-state index is 6.18. The third-order valence-electron chi connectivity index (χ3n) is 3.42. The molecule has 0 aliphatic carbocycles. The molecule has 0 bridgehead atoms. The predicted molar refractivity (Wildman–Crippen MR) is 96.6 cm³/mol. The molecule has 0 radical (unpaired) electrons. The Balaban J connectivity index is 1.82. The lowest BCUT2D eigenvalue weighted by Gasteiger charge is -1.98. The summed E-state index contributed by atoms with van der Waals surface area (Å²) >= 11 is 13.6. The minimum absolute atomic E-state index is 0.519. The molecule has 0 fully saturated rings. The molecule has 4 rings (SSSR count). The molecular weight excluding hydrogens is 351 g/mol. The Kier molecular flexibility index (Phi) is 3.49. The normalized spacial score (nSPS) is 11.2. The van der Waals surface area contributed by atoms with E-state index in [4.69, 9.17) is 28.9 Å². The number of rotatable bonds is 2. The standard InChI is InChI=1S/C16H10Cl2N4S/c17-10-6-4-9(5-7-10)12-8-14(19)22(21-12)16-20-15-11(18)2-1-3-13(15)23-16/h1-8H,19H2. The topological polar surface area (TPSA) is 56.7 Å². The lowest BCUT2D eigenvalue weighted by Crippen LogP contribution is -2.00. The lowest BCUT2D eigenvalue weighted by molar-refractivity contribution is 0.887. The molecule has 2 heterocycles. The molecule has 0 saturated carbocycles. The van der Waals surface area contributed by atoms with E-state index in [1.54, 1.807) is 4.68 Å². The first-order valence-corrected chi connectivity index (χ1v) is 8.36. The Morgan fingerprint density at radius 3 is 2.57 bits per heavy atom. The molecule has 0 unspecified atom stereocenters. The third-order valence-corrected chi connectivity index (χ3v) is 4.97. The summed E-state index contributed by atoms with van der Waals surface area (Å²) in [5.41, 5.74) is 8.58. The van der Waals surface area contributed by atoms with Crippen molar-refractivity contribution in [3.05, 3.63) is 58.6 Å². The van der Waals surface area contributed by atoms with Crippen LogP contribution in [0.15, 0.2) is 48.5 Å². The number of nitrogens with two attached hydrogens (primary N) is 1. The summed E-state index contributed by atoms with van der Waals surface area (Å²) in [6, 6.07) is 15.0. The van der Waals surface area contributed by atoms with Gasteiger partial charge in [0.05, 0.1) is 15.4 Å². The quantitative estimate of drug-likeness (QED) is 0.544. The number of fused-ring (bicyclic) bond motifs is 1. The van der Waals surface area contributed by atoms with Gasteiger partial charge in [-0.1, -0.05) is 52.7 Å². The van der Waals surface area contributed by atoms with Gasteiger partial charge in [0.1, 0.15) is 11.3 Å². The number of nitrogen functional groups attached to an aromatic ring is 1. The Bertz CT molecular complexity index is 1000. The molecular formula is C16H10Cl2N4S. The molecule has 4 aromatic rings. The second-order valence-corrected chi connectivity index (χ2v) is 6.81. The van der Waals surface area contributed by atoms with Crippen LogP contribution in [0, 0.1) is 0 Å². The fourth-order valence-corrected chi connectivity index (χ4v) is 3.67. The number of anilines is 1. The van der Waals surface area contributed by atoms with Crippen LogP contribution >= 0.6 is 34.5 Å². The van der Waals surface area contributed by atoms with Gasteiger partial charge in [0.25, 0.3) is 0 Å². The van der Waals surface area contributed by atoms with E-state index in [0.29, 0.717) is 21.0 Å². The highest BCUT2D eigenvalue weighted by Crippen LogP contribution is 2.32. The van der Waals surface area contributed by atoms with Crippen molar-refractivity contribution in [1.82, 2.24) is 14.8 Å². The van der Waals surface area contributed by atoms with Crippen LogP contribution in [0.1, 0.15) is 0 Å². The van der Waals surface area contributed by atoms with Crippen LogP contribution in [0.3, 0.4) is 0 Å². The molecule has 2 aromatic carbocycles. The fourth-order valence-electron chi connectivity index (χ4n) is 2.30. The minimum Gasteiger partial charge on any atom is -0.383 e. The largest absolute Gasteiger partial charge is 0.383 e. The zero-order chi connectivity index (χ0) is 16.0. The molecule has 114 valence electrons. The molecule has 2 N–H and O–H groups in total. The number of halogens is 2. The molecule has 0 atom stereocenters. The zero-order valence-corrected chi connectivity index (χ0v) is 14.0. The van der Waals surface area contributed by atoms with Crippen LogP contribution < -0.4 is 5.73 Å². The van der Waals surface area contributed by atoms with Crippen molar-refractivity contribution in [2.75, 3.05) is 5.73 Å². The summed E-state index contributed by atoms with van der Waals surface area (Å²) in [5.74, 6) is 0.519. The highest BCUT2D eigenvalue weighted by atomic mass is 35.5. The SMILES string of the molecule is Nc1cc(-c2ccc(Cl)cc2)nn1-c1nc2c(Cl)cccc2s1. The Hall–Kier alpha value is -2.08. The summed E-state index contributed by atoms with van der Waals surface area (Å²) in [7, 11) is 0. The number of thiazole rings is 1. The van der Waals surface area contributed by atoms with Gasteiger partial charge in [-0.2, -0.15) is 9.78 Å². The summed E-state index contributed by atoms with van der Waals surface area (Å²) in [4.78, 5) is 4.55. The van der Waals surface area contributed by atoms with Gasteiger partial charge in [0, 0.05) is 16.7 Å². The van der Waals surface area contributed by atoms with Crippen molar-refractivity contribution in [2.45, 2.75) is 0 Å². The van der Waals surface area contributed by atoms with E-state index >= 15 is 0 Å². The highest BCUT2D eigenvalue weighted by Gasteiger charge is 2.14. The molecule has 2 aromatic heterocycles. The van der Waals surface area contributed by atoms with E-state index in [-0.39, 0.29) is 0 Å². The first-order valence-electron chi connectivity index (χ1n) is 6.79. The van der Waals surface area contributed by atoms with Crippen molar-refractivity contribution in [2.24, 2.45) is 0 Å². The number of benzene rings is 2. The van der Waals surface area contributed by atoms with Gasteiger partial charge in [-0.3, -0.25) is 0 Å². The molecule has 0 aliphatic heterocycles. The number of nitrogens with zero attached hydrogens (tertiary/aromatic N) is 3. The van der Waals surface area contributed by atoms with Crippen LogP contribution in [-0.2, 0) is 0 Å². The first-order chi connectivity index (χ1) is 11.1. The van der Waals surface area contributed by atoms with Crippen molar-refractivity contribution in [3.8, 4) is 16.4 Å². The van der Waals surface area contributed by atoms with Crippen LogP contribution in [-0.4, -0.2) is 14.8 Å². The van der Waals surface area contributed by atoms with Crippen LogP contribution in [0.25, 0.3) is 26.6 Å². The van der Waals surface area contributed by atoms with Crippen LogP contribution in [0.4, 0.5) is 5.82 Å². The number of hydrogen-bond acceptors (Lipinski definition) is 4. The average Bonchev–Trinajstić information content (AvgIpc) is 3.12. The van der Waals surface area contributed by atoms with Crippen molar-refractivity contribution >= 4 is 50.6 Å². The fraction of sp³-hybridized carbons (Fsp3) is 0. The van der Waals surface area contributed by atoms with Gasteiger partial charge in [0.2, 0.25) is 5.13 Å². The van der Waals surface area contributed by atoms with E-state index in [1.807, 2.05) is 48.5 Å². The van der Waals surface area contributed by atoms with Gasteiger partial charge in [-0.25, -0.2) is 4.98 Å². The molecule has 0 spiro atoms. The molecule has 7 heteroatoms. The maximum atomic E-state index is 6.18. The number of para-hydroxylation sites is 1. The minimum atomic E-state index is 0.519. The maximum Gasteiger partial charge on any atom is 0.213 e. The Morgan fingerprint density at radius 1 is 1.04 bits per heavy atom. The van der Waals surface area contributed by atoms with Crippen molar-refractivity contribution in [3.63, 3.8) is 0 Å². The van der Waals surface area contributed by atoms with Gasteiger partial charge < -0.3 is 5.73 Å². The molecule has 23 heavy (non-hydrogen) atoms. The van der Waals surface area contributed by atoms with E-state index in [0.717, 1.165) is 21.5 Å². The van der Waals surface area contributed by atoms with Gasteiger partial charge in [0.15, 0.2) is 0 Å². The smallest absolute Gasteiger partial charge is 0.213 e. The molecule has 0 aliphatic rings. The predicted octanol–water partition coefficient (Wildman–Crippen LogP) is 5.04. The zero-order valence-electron chi connectivity index (χ0n) is 11.7. The van der Waals surface area contributed by atoms with Crippen LogP contribution in [0.2, 0.25) is 10.0 Å². The Labute approximate surface area is 146 Å². The van der Waals surface area contributed by atoms with Gasteiger partial charge in [-0.15, -0.1) is 0 Å².